The van der Waals surface area contributed by atoms with Crippen molar-refractivity contribution in [1.29, 1.82) is 0 Å². The molecule has 0 aliphatic carbocycles. The van der Waals surface area contributed by atoms with E-state index in [1.54, 1.807) is 17.7 Å². The number of aliphatic hydroxyl groups is 1. The number of halogens is 1. The van der Waals surface area contributed by atoms with E-state index in [1.165, 1.54) is 12.1 Å². The zero-order valence-electron chi connectivity index (χ0n) is 14.8. The Labute approximate surface area is 150 Å². The summed E-state index contributed by atoms with van der Waals surface area (Å²) < 4.78 is 22.5. The number of aliphatic hydroxyl groups excluding tert-OH is 1. The minimum Gasteiger partial charge on any atom is -0.389 e. The van der Waals surface area contributed by atoms with Gasteiger partial charge >= 0.3 is 0 Å². The smallest absolute Gasteiger partial charge is 0.123 e. The molecule has 0 amide bonds. The Morgan fingerprint density at radius 1 is 1.35 bits per heavy atom. The van der Waals surface area contributed by atoms with Gasteiger partial charge in [-0.15, -0.1) is 0 Å². The molecule has 1 N–H and O–H groups in total. The molecular formula is C19H21FN4O2. The van der Waals surface area contributed by atoms with Crippen LogP contribution in [-0.4, -0.2) is 37.9 Å². The van der Waals surface area contributed by atoms with Gasteiger partial charge in [0.1, 0.15) is 5.82 Å². The highest BCUT2D eigenvalue weighted by atomic mass is 19.1. The molecule has 136 valence electrons. The quantitative estimate of drug-likeness (QED) is 0.763. The summed E-state index contributed by atoms with van der Waals surface area (Å²) in [5.74, 6) is -0.369. The van der Waals surface area contributed by atoms with Crippen molar-refractivity contribution in [3.63, 3.8) is 0 Å². The zero-order chi connectivity index (χ0) is 18.3. The molecule has 1 saturated heterocycles. The van der Waals surface area contributed by atoms with Gasteiger partial charge in [0, 0.05) is 37.0 Å². The van der Waals surface area contributed by atoms with Crippen LogP contribution in [0.25, 0.3) is 11.3 Å². The Morgan fingerprint density at radius 2 is 2.15 bits per heavy atom. The van der Waals surface area contributed by atoms with Gasteiger partial charge in [0.15, 0.2) is 0 Å². The van der Waals surface area contributed by atoms with E-state index in [4.69, 9.17) is 4.74 Å². The highest BCUT2D eigenvalue weighted by Gasteiger charge is 2.22. The van der Waals surface area contributed by atoms with Crippen LogP contribution in [0.2, 0.25) is 0 Å². The maximum absolute atomic E-state index is 13.6. The van der Waals surface area contributed by atoms with Crippen molar-refractivity contribution in [2.45, 2.75) is 25.5 Å². The minimum absolute atomic E-state index is 0.316. The molecule has 2 aromatic heterocycles. The van der Waals surface area contributed by atoms with Crippen LogP contribution in [0.5, 0.6) is 0 Å². The van der Waals surface area contributed by atoms with E-state index in [0.29, 0.717) is 31.2 Å². The van der Waals surface area contributed by atoms with E-state index in [0.717, 1.165) is 22.4 Å². The molecule has 0 radical (unpaired) electrons. The lowest BCUT2D eigenvalue weighted by Gasteiger charge is -2.25. The lowest BCUT2D eigenvalue weighted by atomic mass is 9.96. The maximum atomic E-state index is 13.6. The van der Waals surface area contributed by atoms with Crippen LogP contribution in [0.4, 0.5) is 4.39 Å². The summed E-state index contributed by atoms with van der Waals surface area (Å²) >= 11 is 0. The van der Waals surface area contributed by atoms with Crippen LogP contribution >= 0.6 is 0 Å². The third-order valence-electron chi connectivity index (χ3n) is 4.67. The number of aromatic nitrogens is 4. The molecule has 26 heavy (non-hydrogen) atoms. The molecule has 1 fully saturated rings. The van der Waals surface area contributed by atoms with E-state index in [2.05, 4.69) is 10.2 Å². The maximum Gasteiger partial charge on any atom is 0.123 e. The van der Waals surface area contributed by atoms with Gasteiger partial charge in [-0.2, -0.15) is 10.2 Å². The molecule has 0 unspecified atom stereocenters. The van der Waals surface area contributed by atoms with Crippen LogP contribution in [0.3, 0.4) is 0 Å². The Bertz CT molecular complexity index is 928. The van der Waals surface area contributed by atoms with Gasteiger partial charge in [0.2, 0.25) is 0 Å². The molecule has 7 heteroatoms. The number of ether oxygens (including phenoxy) is 1. The Balaban J connectivity index is 1.68. The third kappa shape index (κ3) is 3.15. The average Bonchev–Trinajstić information content (AvgIpc) is 3.13. The van der Waals surface area contributed by atoms with Crippen molar-refractivity contribution in [1.82, 2.24) is 19.6 Å². The molecule has 0 saturated carbocycles. The van der Waals surface area contributed by atoms with E-state index < -0.39 is 6.10 Å². The van der Waals surface area contributed by atoms with Gasteiger partial charge < -0.3 is 9.84 Å². The normalized spacial score (nSPS) is 15.8. The van der Waals surface area contributed by atoms with Crippen molar-refractivity contribution in [2.75, 3.05) is 13.2 Å². The largest absolute Gasteiger partial charge is 0.389 e. The van der Waals surface area contributed by atoms with E-state index in [1.807, 2.05) is 30.3 Å². The van der Waals surface area contributed by atoms with Gasteiger partial charge in [0.05, 0.1) is 37.3 Å². The second kappa shape index (κ2) is 6.66. The molecule has 3 aromatic rings. The van der Waals surface area contributed by atoms with Crippen LogP contribution in [0, 0.1) is 5.82 Å². The summed E-state index contributed by atoms with van der Waals surface area (Å²) in [4.78, 5) is 0. The fourth-order valence-corrected chi connectivity index (χ4v) is 3.25. The molecule has 0 spiro atoms. The lowest BCUT2D eigenvalue weighted by Crippen LogP contribution is -2.30. The Hall–Kier alpha value is -2.51. The number of hydrogen-bond donors (Lipinski definition) is 1. The fourth-order valence-electron chi connectivity index (χ4n) is 3.25. The van der Waals surface area contributed by atoms with E-state index in [-0.39, 0.29) is 5.82 Å². The molecule has 1 aliphatic rings. The zero-order valence-corrected chi connectivity index (χ0v) is 14.8. The van der Waals surface area contributed by atoms with Gasteiger partial charge in [-0.25, -0.2) is 4.39 Å². The van der Waals surface area contributed by atoms with Gasteiger partial charge in [-0.1, -0.05) is 0 Å². The predicted octanol–water partition coefficient (Wildman–Crippen LogP) is 2.64. The van der Waals surface area contributed by atoms with Crippen molar-refractivity contribution in [3.05, 3.63) is 59.3 Å². The summed E-state index contributed by atoms with van der Waals surface area (Å²) in [6.07, 6.45) is 5.72. The summed E-state index contributed by atoms with van der Waals surface area (Å²) in [5, 5.41) is 19.0. The Kier molecular flexibility index (Phi) is 4.34. The van der Waals surface area contributed by atoms with Crippen LogP contribution in [0.15, 0.2) is 36.8 Å². The first-order valence-corrected chi connectivity index (χ1v) is 8.62. The molecule has 3 heterocycles. The SMILES string of the molecule is C[C@@H](O)c1cc(F)ccc1-c1nn(C)cc1Cc1cnn(C2COC2)c1. The second-order valence-electron chi connectivity index (χ2n) is 6.78. The van der Waals surface area contributed by atoms with Crippen LogP contribution in [-0.2, 0) is 18.2 Å². The minimum atomic E-state index is -0.781. The van der Waals surface area contributed by atoms with Gasteiger partial charge in [-0.05, 0) is 36.2 Å². The number of nitrogens with zero attached hydrogens (tertiary/aromatic N) is 4. The van der Waals surface area contributed by atoms with Gasteiger partial charge in [-0.3, -0.25) is 9.36 Å². The van der Waals surface area contributed by atoms with Crippen molar-refractivity contribution < 1.29 is 14.2 Å². The summed E-state index contributed by atoms with van der Waals surface area (Å²) in [5.41, 5.74) is 4.12. The molecule has 4 rings (SSSR count). The standard InChI is InChI=1S/C19H21FN4O2/c1-12(25)18-6-15(20)3-4-17(18)19-14(9-23(2)22-19)5-13-7-21-24(8-13)16-10-26-11-16/h3-4,6-9,12,16,25H,5,10-11H2,1-2H3/t12-/m1/s1. The monoisotopic (exact) mass is 356 g/mol. The third-order valence-corrected chi connectivity index (χ3v) is 4.67. The summed E-state index contributed by atoms with van der Waals surface area (Å²) in [7, 11) is 1.85. The lowest BCUT2D eigenvalue weighted by molar-refractivity contribution is -0.0286. The van der Waals surface area contributed by atoms with E-state index in [9.17, 15) is 9.50 Å². The highest BCUT2D eigenvalue weighted by Crippen LogP contribution is 2.31. The first-order chi connectivity index (χ1) is 12.5. The number of hydrogen-bond acceptors (Lipinski definition) is 4. The van der Waals surface area contributed by atoms with Gasteiger partial charge in [0.25, 0.3) is 0 Å². The molecule has 0 bridgehead atoms. The van der Waals surface area contributed by atoms with Crippen LogP contribution < -0.4 is 0 Å². The molecule has 6 nitrogen and oxygen atoms in total. The number of aryl methyl sites for hydroxylation is 1. The number of rotatable bonds is 5. The Morgan fingerprint density at radius 3 is 2.85 bits per heavy atom. The second-order valence-corrected chi connectivity index (χ2v) is 6.78. The number of benzene rings is 1. The fraction of sp³-hybridized carbons (Fsp3) is 0.368. The predicted molar refractivity (Wildman–Crippen MR) is 94.1 cm³/mol. The molecule has 1 atom stereocenters. The molecular weight excluding hydrogens is 335 g/mol. The first-order valence-electron chi connectivity index (χ1n) is 8.62. The average molecular weight is 356 g/mol. The summed E-state index contributed by atoms with van der Waals surface area (Å²) in [6, 6.07) is 4.76. The topological polar surface area (TPSA) is 65.1 Å². The molecule has 1 aliphatic heterocycles. The van der Waals surface area contributed by atoms with Crippen molar-refractivity contribution >= 4 is 0 Å². The van der Waals surface area contributed by atoms with Crippen molar-refractivity contribution in [3.8, 4) is 11.3 Å². The van der Waals surface area contributed by atoms with Crippen LogP contribution in [0.1, 0.15) is 35.8 Å². The van der Waals surface area contributed by atoms with Crippen molar-refractivity contribution in [2.24, 2.45) is 7.05 Å². The van der Waals surface area contributed by atoms with E-state index >= 15 is 0 Å². The highest BCUT2D eigenvalue weighted by molar-refractivity contribution is 5.67. The molecule has 1 aromatic carbocycles. The summed E-state index contributed by atoms with van der Waals surface area (Å²) in [6.45, 7) is 3.03. The first kappa shape index (κ1) is 16.9.